The highest BCUT2D eigenvalue weighted by Crippen LogP contribution is 2.14. The van der Waals surface area contributed by atoms with Crippen LogP contribution in [-0.2, 0) is 13.0 Å². The van der Waals surface area contributed by atoms with Crippen molar-refractivity contribution in [1.29, 1.82) is 5.41 Å². The molecule has 0 saturated carbocycles. The van der Waals surface area contributed by atoms with Crippen LogP contribution in [0.25, 0.3) is 0 Å². The average Bonchev–Trinajstić information content (AvgIpc) is 2.46. The zero-order chi connectivity index (χ0) is 13.7. The smallest absolute Gasteiger partial charge is 0.122 e. The Morgan fingerprint density at radius 3 is 2.42 bits per heavy atom. The lowest BCUT2D eigenvalue weighted by Gasteiger charge is -2.08. The van der Waals surface area contributed by atoms with Gasteiger partial charge in [-0.25, -0.2) is 0 Å². The minimum absolute atomic E-state index is 0.0715. The molecule has 0 bridgehead atoms. The largest absolute Gasteiger partial charge is 0.489 e. The maximum Gasteiger partial charge on any atom is 0.122 e. The average molecular weight is 254 g/mol. The monoisotopic (exact) mass is 254 g/mol. The molecule has 0 saturated heterocycles. The van der Waals surface area contributed by atoms with Gasteiger partial charge in [-0.15, -0.1) is 0 Å². The summed E-state index contributed by atoms with van der Waals surface area (Å²) in [5.74, 6) is 0.856. The molecule has 2 aromatic rings. The van der Waals surface area contributed by atoms with Crippen LogP contribution in [-0.4, -0.2) is 5.84 Å². The Morgan fingerprint density at radius 1 is 1.11 bits per heavy atom. The molecule has 3 nitrogen and oxygen atoms in total. The van der Waals surface area contributed by atoms with Crippen molar-refractivity contribution < 1.29 is 4.74 Å². The second kappa shape index (κ2) is 6.05. The molecule has 3 heteroatoms. The third-order valence-electron chi connectivity index (χ3n) is 2.97. The van der Waals surface area contributed by atoms with Crippen molar-refractivity contribution >= 4 is 5.84 Å². The van der Waals surface area contributed by atoms with Gasteiger partial charge in [0.1, 0.15) is 18.2 Å². The van der Waals surface area contributed by atoms with Crippen LogP contribution in [0.5, 0.6) is 5.75 Å². The molecule has 0 aliphatic rings. The Kier molecular flexibility index (Phi) is 4.18. The molecule has 2 rings (SSSR count). The molecule has 98 valence electrons. The zero-order valence-electron chi connectivity index (χ0n) is 11.0. The minimum Gasteiger partial charge on any atom is -0.489 e. The molecule has 0 aliphatic heterocycles. The van der Waals surface area contributed by atoms with Gasteiger partial charge in [-0.1, -0.05) is 31.2 Å². The second-order valence-electron chi connectivity index (χ2n) is 4.40. The molecule has 0 aliphatic carbocycles. The first-order chi connectivity index (χ1) is 9.19. The molecule has 0 atom stereocenters. The first-order valence-corrected chi connectivity index (χ1v) is 6.34. The Balaban J connectivity index is 1.99. The molecule has 2 aromatic carbocycles. The number of benzene rings is 2. The van der Waals surface area contributed by atoms with Gasteiger partial charge in [0.25, 0.3) is 0 Å². The third-order valence-corrected chi connectivity index (χ3v) is 2.97. The van der Waals surface area contributed by atoms with Crippen LogP contribution >= 0.6 is 0 Å². The standard InChI is InChI=1S/C16H18N2O/c1-2-12-4-3-5-13(10-12)11-19-15-8-6-14(7-9-15)16(17)18/h3-10H,2,11H2,1H3,(H3,17,18). The molecule has 0 heterocycles. The molecule has 0 amide bonds. The first kappa shape index (κ1) is 13.1. The van der Waals surface area contributed by atoms with Gasteiger partial charge in [-0.05, 0) is 41.8 Å². The fourth-order valence-corrected chi connectivity index (χ4v) is 1.84. The van der Waals surface area contributed by atoms with Gasteiger partial charge >= 0.3 is 0 Å². The quantitative estimate of drug-likeness (QED) is 0.636. The maximum absolute atomic E-state index is 7.32. The number of rotatable bonds is 5. The molecular weight excluding hydrogens is 236 g/mol. The van der Waals surface area contributed by atoms with Crippen molar-refractivity contribution in [2.75, 3.05) is 0 Å². The van der Waals surface area contributed by atoms with E-state index in [1.165, 1.54) is 5.56 Å². The lowest BCUT2D eigenvalue weighted by Crippen LogP contribution is -2.10. The molecule has 0 unspecified atom stereocenters. The van der Waals surface area contributed by atoms with E-state index in [9.17, 15) is 0 Å². The van der Waals surface area contributed by atoms with Gasteiger partial charge in [0.2, 0.25) is 0 Å². The summed E-state index contributed by atoms with van der Waals surface area (Å²) in [7, 11) is 0. The number of nitrogens with two attached hydrogens (primary N) is 1. The van der Waals surface area contributed by atoms with Crippen molar-refractivity contribution in [1.82, 2.24) is 0 Å². The van der Waals surface area contributed by atoms with Gasteiger partial charge in [-0.3, -0.25) is 5.41 Å². The molecular formula is C16H18N2O. The molecule has 0 spiro atoms. The first-order valence-electron chi connectivity index (χ1n) is 6.34. The van der Waals surface area contributed by atoms with E-state index in [0.29, 0.717) is 12.2 Å². The van der Waals surface area contributed by atoms with Crippen LogP contribution in [0.4, 0.5) is 0 Å². The summed E-state index contributed by atoms with van der Waals surface area (Å²) in [6, 6.07) is 15.6. The molecule has 0 aromatic heterocycles. The predicted molar refractivity (Wildman–Crippen MR) is 77.6 cm³/mol. The maximum atomic E-state index is 7.32. The summed E-state index contributed by atoms with van der Waals surface area (Å²) in [6.45, 7) is 2.69. The summed E-state index contributed by atoms with van der Waals surface area (Å²) in [4.78, 5) is 0. The fraction of sp³-hybridized carbons (Fsp3) is 0.188. The van der Waals surface area contributed by atoms with E-state index in [-0.39, 0.29) is 5.84 Å². The number of nitrogen functional groups attached to an aromatic ring is 1. The van der Waals surface area contributed by atoms with Gasteiger partial charge in [-0.2, -0.15) is 0 Å². The highest BCUT2D eigenvalue weighted by molar-refractivity contribution is 5.94. The zero-order valence-corrected chi connectivity index (χ0v) is 11.0. The molecule has 0 radical (unpaired) electrons. The highest BCUT2D eigenvalue weighted by Gasteiger charge is 1.99. The topological polar surface area (TPSA) is 59.1 Å². The van der Waals surface area contributed by atoms with Crippen LogP contribution < -0.4 is 10.5 Å². The van der Waals surface area contributed by atoms with Crippen LogP contribution in [0.1, 0.15) is 23.6 Å². The van der Waals surface area contributed by atoms with Crippen molar-refractivity contribution in [3.05, 3.63) is 65.2 Å². The van der Waals surface area contributed by atoms with Crippen LogP contribution in [0, 0.1) is 5.41 Å². The van der Waals surface area contributed by atoms with Gasteiger partial charge in [0.05, 0.1) is 0 Å². The number of aryl methyl sites for hydroxylation is 1. The van der Waals surface area contributed by atoms with E-state index in [1.54, 1.807) is 12.1 Å². The van der Waals surface area contributed by atoms with Gasteiger partial charge in [0, 0.05) is 5.56 Å². The van der Waals surface area contributed by atoms with Crippen LogP contribution in [0.2, 0.25) is 0 Å². The van der Waals surface area contributed by atoms with E-state index in [2.05, 4.69) is 31.2 Å². The summed E-state index contributed by atoms with van der Waals surface area (Å²) in [5.41, 5.74) is 8.59. The van der Waals surface area contributed by atoms with E-state index in [4.69, 9.17) is 15.9 Å². The molecule has 3 N–H and O–H groups in total. The van der Waals surface area contributed by atoms with Crippen LogP contribution in [0.15, 0.2) is 48.5 Å². The molecule has 0 fully saturated rings. The van der Waals surface area contributed by atoms with Crippen molar-refractivity contribution in [2.24, 2.45) is 5.73 Å². The number of hydrogen-bond acceptors (Lipinski definition) is 2. The fourth-order valence-electron chi connectivity index (χ4n) is 1.84. The van der Waals surface area contributed by atoms with Crippen LogP contribution in [0.3, 0.4) is 0 Å². The molecule has 19 heavy (non-hydrogen) atoms. The normalized spacial score (nSPS) is 10.2. The SMILES string of the molecule is CCc1cccc(COc2ccc(C(=N)N)cc2)c1. The Hall–Kier alpha value is -2.29. The lowest BCUT2D eigenvalue weighted by atomic mass is 10.1. The number of amidine groups is 1. The predicted octanol–water partition coefficient (Wildman–Crippen LogP) is 3.11. The Labute approximate surface area is 113 Å². The van der Waals surface area contributed by atoms with E-state index in [1.807, 2.05) is 12.1 Å². The van der Waals surface area contributed by atoms with E-state index in [0.717, 1.165) is 17.7 Å². The second-order valence-corrected chi connectivity index (χ2v) is 4.40. The van der Waals surface area contributed by atoms with Gasteiger partial charge in [0.15, 0.2) is 0 Å². The van der Waals surface area contributed by atoms with Crippen molar-refractivity contribution in [3.63, 3.8) is 0 Å². The summed E-state index contributed by atoms with van der Waals surface area (Å²) >= 11 is 0. The summed E-state index contributed by atoms with van der Waals surface area (Å²) in [6.07, 6.45) is 1.03. The minimum atomic E-state index is 0.0715. The van der Waals surface area contributed by atoms with Crippen molar-refractivity contribution in [2.45, 2.75) is 20.0 Å². The number of hydrogen-bond donors (Lipinski definition) is 2. The number of nitrogens with one attached hydrogen (secondary N) is 1. The summed E-state index contributed by atoms with van der Waals surface area (Å²) in [5, 5.41) is 7.32. The number of ether oxygens (including phenoxy) is 1. The Bertz CT molecular complexity index is 561. The lowest BCUT2D eigenvalue weighted by molar-refractivity contribution is 0.306. The highest BCUT2D eigenvalue weighted by atomic mass is 16.5. The third kappa shape index (κ3) is 3.58. The van der Waals surface area contributed by atoms with Gasteiger partial charge < -0.3 is 10.5 Å². The van der Waals surface area contributed by atoms with E-state index < -0.39 is 0 Å². The Morgan fingerprint density at radius 2 is 1.79 bits per heavy atom. The van der Waals surface area contributed by atoms with E-state index >= 15 is 0 Å². The summed E-state index contributed by atoms with van der Waals surface area (Å²) < 4.78 is 5.71. The van der Waals surface area contributed by atoms with Crippen molar-refractivity contribution in [3.8, 4) is 5.75 Å².